The Morgan fingerprint density at radius 3 is 2.69 bits per heavy atom. The number of rotatable bonds is 3. The molecule has 0 saturated heterocycles. The summed E-state index contributed by atoms with van der Waals surface area (Å²) < 4.78 is 4.76. The zero-order chi connectivity index (χ0) is 9.84. The number of benzene rings is 1. The summed E-state index contributed by atoms with van der Waals surface area (Å²) >= 11 is 0. The molecular formula is C8H6NO4. The van der Waals surface area contributed by atoms with Crippen LogP contribution in [0.5, 0.6) is 5.75 Å². The molecule has 0 atom stereocenters. The van der Waals surface area contributed by atoms with E-state index in [1.165, 1.54) is 25.3 Å². The van der Waals surface area contributed by atoms with Crippen LogP contribution in [0, 0.1) is 10.1 Å². The summed E-state index contributed by atoms with van der Waals surface area (Å²) in [5.74, 6) is 0.157. The molecule has 0 spiro atoms. The second kappa shape index (κ2) is 3.66. The SMILES string of the molecule is COc1cc([N+](=O)[O-])ccc1[C]=O. The average molecular weight is 180 g/mol. The minimum atomic E-state index is -0.558. The van der Waals surface area contributed by atoms with Crippen molar-refractivity contribution >= 4 is 12.0 Å². The Bertz CT molecular complexity index is 348. The van der Waals surface area contributed by atoms with E-state index in [1.807, 2.05) is 0 Å². The van der Waals surface area contributed by atoms with Crippen LogP contribution in [0.4, 0.5) is 5.69 Å². The fourth-order valence-electron chi connectivity index (χ4n) is 0.878. The van der Waals surface area contributed by atoms with Gasteiger partial charge in [0.15, 0.2) is 0 Å². The highest BCUT2D eigenvalue weighted by atomic mass is 16.6. The zero-order valence-corrected chi connectivity index (χ0v) is 6.81. The van der Waals surface area contributed by atoms with Gasteiger partial charge in [-0.15, -0.1) is 0 Å². The van der Waals surface area contributed by atoms with Gasteiger partial charge in [-0.05, 0) is 6.07 Å². The van der Waals surface area contributed by atoms with Crippen LogP contribution in [0.2, 0.25) is 0 Å². The number of nitro benzene ring substituents is 1. The summed E-state index contributed by atoms with van der Waals surface area (Å²) in [5.41, 5.74) is 0.0592. The van der Waals surface area contributed by atoms with E-state index in [2.05, 4.69) is 0 Å². The van der Waals surface area contributed by atoms with Crippen LogP contribution in [0.1, 0.15) is 5.56 Å². The quantitative estimate of drug-likeness (QED) is 0.515. The molecule has 0 bridgehead atoms. The number of methoxy groups -OCH3 is 1. The summed E-state index contributed by atoms with van der Waals surface area (Å²) in [6.07, 6.45) is 1.62. The normalized spacial score (nSPS) is 9.31. The summed E-state index contributed by atoms with van der Waals surface area (Å²) in [7, 11) is 1.33. The summed E-state index contributed by atoms with van der Waals surface area (Å²) in [4.78, 5) is 20.1. The number of hydrogen-bond donors (Lipinski definition) is 0. The Kier molecular flexibility index (Phi) is 2.59. The molecule has 1 rings (SSSR count). The van der Waals surface area contributed by atoms with E-state index in [-0.39, 0.29) is 17.0 Å². The third-order valence-corrected chi connectivity index (χ3v) is 1.51. The third kappa shape index (κ3) is 1.81. The fourth-order valence-corrected chi connectivity index (χ4v) is 0.878. The van der Waals surface area contributed by atoms with Gasteiger partial charge in [0.25, 0.3) is 5.69 Å². The predicted molar refractivity (Wildman–Crippen MR) is 44.4 cm³/mol. The lowest BCUT2D eigenvalue weighted by molar-refractivity contribution is -0.384. The smallest absolute Gasteiger partial charge is 0.273 e. The van der Waals surface area contributed by atoms with Crippen molar-refractivity contribution in [2.45, 2.75) is 0 Å². The van der Waals surface area contributed by atoms with Crippen LogP contribution in [0.15, 0.2) is 18.2 Å². The number of carbonyl (C=O) groups excluding carboxylic acids is 1. The monoisotopic (exact) mass is 180 g/mol. The minimum Gasteiger partial charge on any atom is -0.496 e. The van der Waals surface area contributed by atoms with Gasteiger partial charge in [-0.3, -0.25) is 14.9 Å². The van der Waals surface area contributed by atoms with E-state index in [0.29, 0.717) is 0 Å². The van der Waals surface area contributed by atoms with Gasteiger partial charge in [-0.1, -0.05) is 0 Å². The second-order valence-corrected chi connectivity index (χ2v) is 2.24. The van der Waals surface area contributed by atoms with Crippen LogP contribution in [-0.2, 0) is 4.79 Å². The molecule has 0 aromatic heterocycles. The van der Waals surface area contributed by atoms with E-state index in [9.17, 15) is 14.9 Å². The van der Waals surface area contributed by atoms with E-state index >= 15 is 0 Å². The first-order chi connectivity index (χ1) is 6.19. The molecule has 0 heterocycles. The molecule has 5 nitrogen and oxygen atoms in total. The molecule has 0 saturated carbocycles. The summed E-state index contributed by atoms with van der Waals surface area (Å²) in [6, 6.07) is 3.70. The molecule has 1 radical (unpaired) electrons. The molecule has 1 aromatic rings. The molecule has 1 aromatic carbocycles. The van der Waals surface area contributed by atoms with Crippen LogP contribution in [0.3, 0.4) is 0 Å². The Balaban J connectivity index is 3.20. The van der Waals surface area contributed by atoms with Gasteiger partial charge in [0, 0.05) is 6.07 Å². The zero-order valence-electron chi connectivity index (χ0n) is 6.81. The van der Waals surface area contributed by atoms with Crippen LogP contribution >= 0.6 is 0 Å². The molecular weight excluding hydrogens is 174 g/mol. The van der Waals surface area contributed by atoms with Crippen LogP contribution in [0.25, 0.3) is 0 Å². The van der Waals surface area contributed by atoms with Crippen molar-refractivity contribution in [3.05, 3.63) is 33.9 Å². The molecule has 0 aliphatic heterocycles. The third-order valence-electron chi connectivity index (χ3n) is 1.51. The van der Waals surface area contributed by atoms with Crippen molar-refractivity contribution in [1.29, 1.82) is 0 Å². The number of hydrogen-bond acceptors (Lipinski definition) is 4. The topological polar surface area (TPSA) is 69.4 Å². The molecule has 0 unspecified atom stereocenters. The first-order valence-corrected chi connectivity index (χ1v) is 3.39. The van der Waals surface area contributed by atoms with Gasteiger partial charge in [0.05, 0.1) is 23.7 Å². The molecule has 0 fully saturated rings. The Hall–Kier alpha value is -1.91. The number of nitrogens with zero attached hydrogens (tertiary/aromatic N) is 1. The average Bonchev–Trinajstić information content (AvgIpc) is 2.16. The first-order valence-electron chi connectivity index (χ1n) is 3.39. The number of non-ortho nitro benzene ring substituents is 1. The maximum absolute atomic E-state index is 10.3. The lowest BCUT2D eigenvalue weighted by Crippen LogP contribution is -1.93. The van der Waals surface area contributed by atoms with Crippen LogP contribution < -0.4 is 4.74 Å². The van der Waals surface area contributed by atoms with Crippen molar-refractivity contribution in [1.82, 2.24) is 0 Å². The van der Waals surface area contributed by atoms with Crippen molar-refractivity contribution in [2.75, 3.05) is 7.11 Å². The largest absolute Gasteiger partial charge is 0.496 e. The molecule has 0 aliphatic carbocycles. The molecule has 0 N–H and O–H groups in total. The molecule has 5 heteroatoms. The highest BCUT2D eigenvalue weighted by Gasteiger charge is 2.10. The van der Waals surface area contributed by atoms with Crippen LogP contribution in [-0.4, -0.2) is 18.3 Å². The summed E-state index contributed by atoms with van der Waals surface area (Å²) in [5, 5.41) is 10.3. The van der Waals surface area contributed by atoms with Gasteiger partial charge in [-0.25, -0.2) is 0 Å². The molecule has 0 aliphatic rings. The fraction of sp³-hybridized carbons (Fsp3) is 0.125. The highest BCUT2D eigenvalue weighted by molar-refractivity contribution is 5.80. The van der Waals surface area contributed by atoms with Gasteiger partial charge in [-0.2, -0.15) is 0 Å². The van der Waals surface area contributed by atoms with Crippen molar-refractivity contribution in [3.63, 3.8) is 0 Å². The standard InChI is InChI=1S/C8H6NO4/c1-13-8-4-7(9(11)12)3-2-6(8)5-10/h2-4H,1H3. The van der Waals surface area contributed by atoms with Crippen molar-refractivity contribution in [2.24, 2.45) is 0 Å². The maximum Gasteiger partial charge on any atom is 0.273 e. The predicted octanol–water partition coefficient (Wildman–Crippen LogP) is 1.06. The Labute approximate surface area is 74.1 Å². The van der Waals surface area contributed by atoms with E-state index in [1.54, 1.807) is 6.29 Å². The van der Waals surface area contributed by atoms with Gasteiger partial charge < -0.3 is 4.74 Å². The molecule has 13 heavy (non-hydrogen) atoms. The van der Waals surface area contributed by atoms with Crippen molar-refractivity contribution < 1.29 is 14.5 Å². The molecule has 67 valence electrons. The Morgan fingerprint density at radius 2 is 2.23 bits per heavy atom. The Morgan fingerprint density at radius 1 is 1.54 bits per heavy atom. The highest BCUT2D eigenvalue weighted by Crippen LogP contribution is 2.22. The molecule has 0 amide bonds. The lowest BCUT2D eigenvalue weighted by atomic mass is 10.2. The van der Waals surface area contributed by atoms with E-state index in [4.69, 9.17) is 4.74 Å². The van der Waals surface area contributed by atoms with Gasteiger partial charge >= 0.3 is 0 Å². The maximum atomic E-state index is 10.3. The lowest BCUT2D eigenvalue weighted by Gasteiger charge is -2.00. The second-order valence-electron chi connectivity index (χ2n) is 2.24. The number of ether oxygens (including phenoxy) is 1. The van der Waals surface area contributed by atoms with Gasteiger partial charge in [0.2, 0.25) is 6.29 Å². The van der Waals surface area contributed by atoms with Gasteiger partial charge in [0.1, 0.15) is 5.75 Å². The minimum absolute atomic E-state index is 0.115. The van der Waals surface area contributed by atoms with E-state index < -0.39 is 4.92 Å². The summed E-state index contributed by atoms with van der Waals surface area (Å²) in [6.45, 7) is 0. The van der Waals surface area contributed by atoms with Crippen molar-refractivity contribution in [3.8, 4) is 5.75 Å². The van der Waals surface area contributed by atoms with E-state index in [0.717, 1.165) is 0 Å². The number of nitro groups is 1. The first kappa shape index (κ1) is 9.18.